The fourth-order valence-corrected chi connectivity index (χ4v) is 3.44. The van der Waals surface area contributed by atoms with E-state index in [1.54, 1.807) is 0 Å². The van der Waals surface area contributed by atoms with Crippen molar-refractivity contribution in [2.45, 2.75) is 81.8 Å². The third kappa shape index (κ3) is 3.11. The second-order valence-electron chi connectivity index (χ2n) is 6.16. The van der Waals surface area contributed by atoms with Gasteiger partial charge in [0.05, 0.1) is 11.2 Å². The number of aliphatic hydroxyl groups is 2. The van der Waals surface area contributed by atoms with Crippen LogP contribution in [-0.4, -0.2) is 21.4 Å². The first-order valence-corrected chi connectivity index (χ1v) is 7.17. The van der Waals surface area contributed by atoms with E-state index in [1.807, 2.05) is 0 Å². The Hall–Kier alpha value is -0.340. The minimum atomic E-state index is -0.689. The van der Waals surface area contributed by atoms with Crippen LogP contribution in [0.2, 0.25) is 0 Å². The Morgan fingerprint density at radius 3 is 1.82 bits per heavy atom. The average Bonchev–Trinajstić information content (AvgIpc) is 2.30. The summed E-state index contributed by atoms with van der Waals surface area (Å²) in [4.78, 5) is 0. The van der Waals surface area contributed by atoms with Crippen LogP contribution in [0.15, 0.2) is 12.2 Å². The molecule has 2 aliphatic rings. The lowest BCUT2D eigenvalue weighted by molar-refractivity contribution is -0.0184. The summed E-state index contributed by atoms with van der Waals surface area (Å²) < 4.78 is 0. The molecule has 0 atom stereocenters. The smallest absolute Gasteiger partial charge is 0.0855 e. The first-order valence-electron chi connectivity index (χ1n) is 7.17. The summed E-state index contributed by atoms with van der Waals surface area (Å²) in [5, 5.41) is 21.1. The van der Waals surface area contributed by atoms with Crippen LogP contribution in [-0.2, 0) is 0 Å². The summed E-state index contributed by atoms with van der Waals surface area (Å²) in [5.74, 6) is 0. The van der Waals surface area contributed by atoms with Crippen LogP contribution >= 0.6 is 0 Å². The van der Waals surface area contributed by atoms with Gasteiger partial charge in [0.15, 0.2) is 0 Å². The molecule has 2 heteroatoms. The molecule has 2 saturated carbocycles. The summed E-state index contributed by atoms with van der Waals surface area (Å²) in [6.07, 6.45) is 10.9. The van der Waals surface area contributed by atoms with Crippen molar-refractivity contribution in [1.82, 2.24) is 0 Å². The fourth-order valence-electron chi connectivity index (χ4n) is 3.44. The lowest BCUT2D eigenvalue weighted by Gasteiger charge is -2.39. The number of hydrogen-bond donors (Lipinski definition) is 2. The van der Waals surface area contributed by atoms with Gasteiger partial charge in [-0.05, 0) is 37.7 Å². The zero-order valence-corrected chi connectivity index (χ0v) is 10.9. The Bertz CT molecular complexity index is 271. The Balaban J connectivity index is 1.95. The van der Waals surface area contributed by atoms with Gasteiger partial charge in [0.1, 0.15) is 0 Å². The van der Waals surface area contributed by atoms with Crippen LogP contribution < -0.4 is 0 Å². The van der Waals surface area contributed by atoms with Crippen molar-refractivity contribution < 1.29 is 10.2 Å². The molecule has 2 nitrogen and oxygen atoms in total. The van der Waals surface area contributed by atoms with Gasteiger partial charge in [-0.3, -0.25) is 0 Å². The van der Waals surface area contributed by atoms with Gasteiger partial charge in [-0.1, -0.05) is 45.1 Å². The second kappa shape index (κ2) is 5.11. The summed E-state index contributed by atoms with van der Waals surface area (Å²) >= 11 is 0. The minimum absolute atomic E-state index is 0.581. The van der Waals surface area contributed by atoms with E-state index in [4.69, 9.17) is 0 Å². The Labute approximate surface area is 105 Å². The van der Waals surface area contributed by atoms with Crippen molar-refractivity contribution in [2.24, 2.45) is 0 Å². The summed E-state index contributed by atoms with van der Waals surface area (Å²) in [5.41, 5.74) is -0.393. The largest absolute Gasteiger partial charge is 0.390 e. The van der Waals surface area contributed by atoms with Gasteiger partial charge in [-0.15, -0.1) is 0 Å². The summed E-state index contributed by atoms with van der Waals surface area (Å²) in [6.45, 7) is 4.08. The maximum atomic E-state index is 10.6. The van der Waals surface area contributed by atoms with E-state index in [-0.39, 0.29) is 0 Å². The van der Waals surface area contributed by atoms with E-state index in [0.29, 0.717) is 6.42 Å². The van der Waals surface area contributed by atoms with Crippen molar-refractivity contribution in [3.8, 4) is 0 Å². The molecule has 98 valence electrons. The fraction of sp³-hybridized carbons (Fsp3) is 0.867. The Morgan fingerprint density at radius 1 is 0.824 bits per heavy atom. The quantitative estimate of drug-likeness (QED) is 0.740. The van der Waals surface area contributed by atoms with E-state index in [0.717, 1.165) is 56.9 Å². The molecule has 0 aromatic carbocycles. The van der Waals surface area contributed by atoms with E-state index in [1.165, 1.54) is 12.8 Å². The van der Waals surface area contributed by atoms with Gasteiger partial charge in [0, 0.05) is 0 Å². The molecular formula is C15H26O2. The first-order chi connectivity index (χ1) is 8.04. The van der Waals surface area contributed by atoms with Gasteiger partial charge in [-0.25, -0.2) is 0 Å². The highest BCUT2D eigenvalue weighted by Gasteiger charge is 2.37. The van der Waals surface area contributed by atoms with Crippen LogP contribution in [0.4, 0.5) is 0 Å². The van der Waals surface area contributed by atoms with Crippen molar-refractivity contribution in [3.63, 3.8) is 0 Å². The van der Waals surface area contributed by atoms with Crippen molar-refractivity contribution >= 4 is 0 Å². The van der Waals surface area contributed by atoms with Crippen LogP contribution in [0.1, 0.15) is 70.6 Å². The first kappa shape index (κ1) is 13.1. The van der Waals surface area contributed by atoms with E-state index in [9.17, 15) is 10.2 Å². The van der Waals surface area contributed by atoms with Gasteiger partial charge in [0.2, 0.25) is 0 Å². The SMILES string of the molecule is C=C(CC1(O)CCCCC1)C1(O)CCCCC1. The lowest BCUT2D eigenvalue weighted by atomic mass is 9.73. The van der Waals surface area contributed by atoms with E-state index < -0.39 is 11.2 Å². The standard InChI is InChI=1S/C15H26O2/c1-13(15(17)10-6-3-7-11-15)12-14(16)8-4-2-5-9-14/h16-17H,1-12H2. The normalized spacial score (nSPS) is 27.6. The molecular weight excluding hydrogens is 212 g/mol. The zero-order chi connectivity index (χ0) is 12.4. The van der Waals surface area contributed by atoms with Crippen molar-refractivity contribution in [3.05, 3.63) is 12.2 Å². The van der Waals surface area contributed by atoms with Gasteiger partial charge in [-0.2, -0.15) is 0 Å². The molecule has 2 rings (SSSR count). The third-order valence-electron chi connectivity index (χ3n) is 4.67. The molecule has 0 aliphatic heterocycles. The number of hydrogen-bond acceptors (Lipinski definition) is 2. The summed E-state index contributed by atoms with van der Waals surface area (Å²) in [7, 11) is 0. The maximum Gasteiger partial charge on any atom is 0.0855 e. The highest BCUT2D eigenvalue weighted by atomic mass is 16.3. The predicted molar refractivity (Wildman–Crippen MR) is 69.8 cm³/mol. The molecule has 2 fully saturated rings. The Morgan fingerprint density at radius 2 is 1.29 bits per heavy atom. The molecule has 0 spiro atoms. The van der Waals surface area contributed by atoms with Gasteiger partial charge >= 0.3 is 0 Å². The van der Waals surface area contributed by atoms with Crippen molar-refractivity contribution in [2.75, 3.05) is 0 Å². The maximum absolute atomic E-state index is 10.6. The molecule has 0 aromatic heterocycles. The van der Waals surface area contributed by atoms with Crippen LogP contribution in [0.5, 0.6) is 0 Å². The molecule has 0 saturated heterocycles. The molecule has 0 unspecified atom stereocenters. The molecule has 2 aliphatic carbocycles. The topological polar surface area (TPSA) is 40.5 Å². The number of rotatable bonds is 3. The Kier molecular flexibility index (Phi) is 3.94. The van der Waals surface area contributed by atoms with Crippen LogP contribution in [0.3, 0.4) is 0 Å². The highest BCUT2D eigenvalue weighted by Crippen LogP contribution is 2.40. The molecule has 2 N–H and O–H groups in total. The van der Waals surface area contributed by atoms with Gasteiger partial charge in [0.25, 0.3) is 0 Å². The monoisotopic (exact) mass is 238 g/mol. The van der Waals surface area contributed by atoms with Crippen molar-refractivity contribution in [1.29, 1.82) is 0 Å². The van der Waals surface area contributed by atoms with E-state index in [2.05, 4.69) is 6.58 Å². The van der Waals surface area contributed by atoms with Crippen LogP contribution in [0, 0.1) is 0 Å². The predicted octanol–water partition coefficient (Wildman–Crippen LogP) is 3.32. The van der Waals surface area contributed by atoms with Gasteiger partial charge < -0.3 is 10.2 Å². The molecule has 0 radical (unpaired) electrons. The van der Waals surface area contributed by atoms with Crippen LogP contribution in [0.25, 0.3) is 0 Å². The lowest BCUT2D eigenvalue weighted by Crippen LogP contribution is -2.39. The molecule has 0 bridgehead atoms. The van der Waals surface area contributed by atoms with E-state index >= 15 is 0 Å². The molecule has 0 amide bonds. The average molecular weight is 238 g/mol. The summed E-state index contributed by atoms with van der Waals surface area (Å²) in [6, 6.07) is 0. The second-order valence-corrected chi connectivity index (χ2v) is 6.16. The molecule has 0 heterocycles. The molecule has 0 aromatic rings. The third-order valence-corrected chi connectivity index (χ3v) is 4.67. The molecule has 17 heavy (non-hydrogen) atoms. The minimum Gasteiger partial charge on any atom is -0.390 e. The highest BCUT2D eigenvalue weighted by molar-refractivity contribution is 5.16. The zero-order valence-electron chi connectivity index (χ0n) is 10.9.